The van der Waals surface area contributed by atoms with E-state index < -0.39 is 0 Å². The average Bonchev–Trinajstić information content (AvgIpc) is 2.91. The number of hydrogen-bond acceptors (Lipinski definition) is 4. The quantitative estimate of drug-likeness (QED) is 0.734. The Labute approximate surface area is 168 Å². The Morgan fingerprint density at radius 2 is 1.37 bits per heavy atom. The summed E-state index contributed by atoms with van der Waals surface area (Å²) in [6, 6.07) is 12.7. The molecule has 7 heteroatoms. The van der Waals surface area contributed by atoms with Crippen molar-refractivity contribution in [2.45, 2.75) is 6.54 Å². The van der Waals surface area contributed by atoms with E-state index in [9.17, 15) is 9.59 Å². The number of halogens is 2. The van der Waals surface area contributed by atoms with Crippen LogP contribution in [0.1, 0.15) is 26.3 Å². The molecule has 0 aromatic heterocycles. The summed E-state index contributed by atoms with van der Waals surface area (Å²) < 4.78 is 0. The first kappa shape index (κ1) is 18.4. The Morgan fingerprint density at radius 1 is 0.778 bits per heavy atom. The van der Waals surface area contributed by atoms with E-state index >= 15 is 0 Å². The largest absolute Gasteiger partial charge is 0.297 e. The summed E-state index contributed by atoms with van der Waals surface area (Å²) in [5.74, 6) is -0.400. The van der Waals surface area contributed by atoms with Gasteiger partial charge in [-0.05, 0) is 29.8 Å². The zero-order chi connectivity index (χ0) is 19.0. The second-order valence-corrected chi connectivity index (χ2v) is 7.68. The molecule has 0 unspecified atom stereocenters. The number of fused-ring (bicyclic) bond motifs is 1. The van der Waals surface area contributed by atoms with E-state index in [-0.39, 0.29) is 11.8 Å². The van der Waals surface area contributed by atoms with Crippen LogP contribution in [-0.2, 0) is 6.54 Å². The fraction of sp³-hybridized carbons (Fsp3) is 0.300. The Bertz CT molecular complexity index is 860. The molecular formula is C20H19Cl2N3O2. The van der Waals surface area contributed by atoms with Crippen molar-refractivity contribution < 1.29 is 9.59 Å². The van der Waals surface area contributed by atoms with Crippen LogP contribution in [0.15, 0.2) is 42.5 Å². The second-order valence-electron chi connectivity index (χ2n) is 6.87. The molecule has 0 spiro atoms. The van der Waals surface area contributed by atoms with E-state index in [0.29, 0.717) is 27.8 Å². The van der Waals surface area contributed by atoms with Gasteiger partial charge < -0.3 is 0 Å². The third-order valence-corrected chi connectivity index (χ3v) is 5.81. The molecule has 5 nitrogen and oxygen atoms in total. The van der Waals surface area contributed by atoms with Crippen LogP contribution >= 0.6 is 23.2 Å². The molecule has 2 aliphatic heterocycles. The first-order valence-corrected chi connectivity index (χ1v) is 9.62. The van der Waals surface area contributed by atoms with Gasteiger partial charge in [0.25, 0.3) is 11.8 Å². The van der Waals surface area contributed by atoms with Gasteiger partial charge in [0.2, 0.25) is 0 Å². The van der Waals surface area contributed by atoms with Gasteiger partial charge in [-0.3, -0.25) is 24.3 Å². The first-order valence-electron chi connectivity index (χ1n) is 8.87. The smallest absolute Gasteiger partial charge is 0.262 e. The molecule has 1 fully saturated rings. The average molecular weight is 404 g/mol. The Balaban J connectivity index is 1.33. The van der Waals surface area contributed by atoms with Crippen LogP contribution < -0.4 is 0 Å². The van der Waals surface area contributed by atoms with Crippen LogP contribution in [-0.4, -0.2) is 59.4 Å². The zero-order valence-electron chi connectivity index (χ0n) is 14.7. The summed E-state index contributed by atoms with van der Waals surface area (Å²) in [5, 5.41) is 1.13. The van der Waals surface area contributed by atoms with Gasteiger partial charge in [0.15, 0.2) is 0 Å². The molecule has 2 aromatic carbocycles. The molecule has 0 bridgehead atoms. The van der Waals surface area contributed by atoms with Gasteiger partial charge in [-0.25, -0.2) is 0 Å². The lowest BCUT2D eigenvalue weighted by Gasteiger charge is -2.36. The third-order valence-electron chi connectivity index (χ3n) is 5.07. The summed E-state index contributed by atoms with van der Waals surface area (Å²) in [4.78, 5) is 30.8. The van der Waals surface area contributed by atoms with Gasteiger partial charge in [-0.2, -0.15) is 0 Å². The van der Waals surface area contributed by atoms with Crippen molar-refractivity contribution >= 4 is 35.0 Å². The summed E-state index contributed by atoms with van der Waals surface area (Å²) >= 11 is 12.1. The highest BCUT2D eigenvalue weighted by molar-refractivity contribution is 6.42. The van der Waals surface area contributed by atoms with Crippen molar-refractivity contribution in [1.29, 1.82) is 0 Å². The molecule has 1 saturated heterocycles. The van der Waals surface area contributed by atoms with Gasteiger partial charge in [0, 0.05) is 32.7 Å². The zero-order valence-corrected chi connectivity index (χ0v) is 16.2. The lowest BCUT2D eigenvalue weighted by atomic mass is 10.1. The lowest BCUT2D eigenvalue weighted by molar-refractivity contribution is 0.0447. The predicted molar refractivity (Wildman–Crippen MR) is 105 cm³/mol. The third kappa shape index (κ3) is 3.73. The van der Waals surface area contributed by atoms with Gasteiger partial charge in [0.1, 0.15) is 0 Å². The Morgan fingerprint density at radius 3 is 1.96 bits per heavy atom. The number of nitrogens with zero attached hydrogens (tertiary/aromatic N) is 3. The molecule has 2 amide bonds. The van der Waals surface area contributed by atoms with Crippen LogP contribution in [0.4, 0.5) is 0 Å². The van der Waals surface area contributed by atoms with Crippen LogP contribution in [0, 0.1) is 0 Å². The molecule has 2 heterocycles. The SMILES string of the molecule is O=C1c2ccccc2C(=O)N1CN1CCN(Cc2ccc(Cl)c(Cl)c2)CC1. The predicted octanol–water partition coefficient (Wildman–Crippen LogP) is 3.36. The number of carbonyl (C=O) groups excluding carboxylic acids is 2. The maximum Gasteiger partial charge on any atom is 0.262 e. The number of benzene rings is 2. The molecule has 0 N–H and O–H groups in total. The summed E-state index contributed by atoms with van der Waals surface area (Å²) in [5.41, 5.74) is 2.12. The fourth-order valence-corrected chi connectivity index (χ4v) is 3.87. The second kappa shape index (κ2) is 7.60. The normalized spacial score (nSPS) is 18.2. The summed E-state index contributed by atoms with van der Waals surface area (Å²) in [7, 11) is 0. The molecule has 0 radical (unpaired) electrons. The van der Waals surface area contributed by atoms with E-state index in [1.165, 1.54) is 4.90 Å². The maximum atomic E-state index is 12.5. The Hall–Kier alpha value is -1.92. The van der Waals surface area contributed by atoms with Crippen molar-refractivity contribution in [3.8, 4) is 0 Å². The van der Waals surface area contributed by atoms with Gasteiger partial charge >= 0.3 is 0 Å². The Kier molecular flexibility index (Phi) is 5.19. The van der Waals surface area contributed by atoms with Crippen molar-refractivity contribution in [3.05, 3.63) is 69.2 Å². The summed E-state index contributed by atoms with van der Waals surface area (Å²) in [6.45, 7) is 4.47. The van der Waals surface area contributed by atoms with E-state index in [1.807, 2.05) is 18.2 Å². The van der Waals surface area contributed by atoms with E-state index in [2.05, 4.69) is 9.80 Å². The highest BCUT2D eigenvalue weighted by atomic mass is 35.5. The van der Waals surface area contributed by atoms with Crippen LogP contribution in [0.3, 0.4) is 0 Å². The van der Waals surface area contributed by atoms with Crippen molar-refractivity contribution in [3.63, 3.8) is 0 Å². The van der Waals surface area contributed by atoms with E-state index in [4.69, 9.17) is 23.2 Å². The maximum absolute atomic E-state index is 12.5. The number of piperazine rings is 1. The topological polar surface area (TPSA) is 43.9 Å². The molecule has 0 saturated carbocycles. The van der Waals surface area contributed by atoms with Crippen LogP contribution in [0.25, 0.3) is 0 Å². The van der Waals surface area contributed by atoms with Crippen LogP contribution in [0.5, 0.6) is 0 Å². The first-order chi connectivity index (χ1) is 13.0. The fourth-order valence-electron chi connectivity index (χ4n) is 3.55. The number of imide groups is 1. The molecular weight excluding hydrogens is 385 g/mol. The van der Waals surface area contributed by atoms with E-state index in [1.54, 1.807) is 24.3 Å². The van der Waals surface area contributed by atoms with E-state index in [0.717, 1.165) is 38.3 Å². The highest BCUT2D eigenvalue weighted by Crippen LogP contribution is 2.24. The van der Waals surface area contributed by atoms with Gasteiger partial charge in [0.05, 0.1) is 27.8 Å². The minimum Gasteiger partial charge on any atom is -0.297 e. The van der Waals surface area contributed by atoms with Crippen molar-refractivity contribution in [2.75, 3.05) is 32.8 Å². The molecule has 2 aliphatic rings. The summed E-state index contributed by atoms with van der Waals surface area (Å²) in [6.07, 6.45) is 0. The van der Waals surface area contributed by atoms with Crippen molar-refractivity contribution in [2.24, 2.45) is 0 Å². The number of carbonyl (C=O) groups is 2. The molecule has 140 valence electrons. The monoisotopic (exact) mass is 403 g/mol. The number of hydrogen-bond donors (Lipinski definition) is 0. The number of amides is 2. The number of rotatable bonds is 4. The molecule has 4 rings (SSSR count). The minimum absolute atomic E-state index is 0.200. The molecule has 0 aliphatic carbocycles. The molecule has 27 heavy (non-hydrogen) atoms. The van der Waals surface area contributed by atoms with Gasteiger partial charge in [-0.15, -0.1) is 0 Å². The van der Waals surface area contributed by atoms with Crippen LogP contribution in [0.2, 0.25) is 10.0 Å². The van der Waals surface area contributed by atoms with Crippen molar-refractivity contribution in [1.82, 2.24) is 14.7 Å². The highest BCUT2D eigenvalue weighted by Gasteiger charge is 2.36. The standard InChI is InChI=1S/C20H19Cl2N3O2/c21-17-6-5-14(11-18(17)22)12-23-7-9-24(10-8-23)13-25-19(26)15-3-1-2-4-16(15)20(25)27/h1-6,11H,7-10,12-13H2. The minimum atomic E-state index is -0.200. The van der Waals surface area contributed by atoms with Gasteiger partial charge in [-0.1, -0.05) is 41.4 Å². The molecule has 2 aromatic rings. The molecule has 0 atom stereocenters. The lowest BCUT2D eigenvalue weighted by Crippen LogP contribution is -2.50.